The van der Waals surface area contributed by atoms with Crippen molar-refractivity contribution >= 4 is 28.5 Å². The molecule has 2 aromatic carbocycles. The first-order chi connectivity index (χ1) is 12.4. The largest absolute Gasteiger partial charge is 0.449 e. The number of amides is 1. The van der Waals surface area contributed by atoms with Crippen molar-refractivity contribution in [2.24, 2.45) is 0 Å². The second-order valence-electron chi connectivity index (χ2n) is 5.51. The Labute approximate surface area is 145 Å². The van der Waals surface area contributed by atoms with Gasteiger partial charge in [0.05, 0.1) is 11.3 Å². The van der Waals surface area contributed by atoms with Crippen LogP contribution in [0.1, 0.15) is 17.3 Å². The second-order valence-corrected chi connectivity index (χ2v) is 5.51. The first-order valence-corrected chi connectivity index (χ1v) is 7.60. The van der Waals surface area contributed by atoms with Gasteiger partial charge in [-0.15, -0.1) is 0 Å². The number of esters is 1. The molecule has 0 aliphatic carbocycles. The van der Waals surface area contributed by atoms with E-state index < -0.39 is 41.1 Å². The highest BCUT2D eigenvalue weighted by Gasteiger charge is 2.23. The molecule has 1 aromatic heterocycles. The van der Waals surface area contributed by atoms with E-state index in [4.69, 9.17) is 4.74 Å². The number of carbonyl (C=O) groups is 2. The van der Waals surface area contributed by atoms with Crippen LogP contribution >= 0.6 is 0 Å². The van der Waals surface area contributed by atoms with Gasteiger partial charge in [0, 0.05) is 17.1 Å². The fourth-order valence-corrected chi connectivity index (χ4v) is 2.37. The van der Waals surface area contributed by atoms with Crippen molar-refractivity contribution in [3.63, 3.8) is 0 Å². The number of benzene rings is 2. The van der Waals surface area contributed by atoms with Crippen LogP contribution in [0.2, 0.25) is 0 Å². The Morgan fingerprint density at radius 2 is 1.81 bits per heavy atom. The molecule has 1 heterocycles. The van der Waals surface area contributed by atoms with Crippen molar-refractivity contribution in [3.05, 3.63) is 65.6 Å². The molecule has 0 spiro atoms. The minimum absolute atomic E-state index is 0.235. The number of halogens is 3. The molecule has 1 amide bonds. The van der Waals surface area contributed by atoms with E-state index in [1.165, 1.54) is 13.1 Å². The number of rotatable bonds is 4. The summed E-state index contributed by atoms with van der Waals surface area (Å²) in [4.78, 5) is 27.2. The molecule has 26 heavy (non-hydrogen) atoms. The van der Waals surface area contributed by atoms with Crippen LogP contribution < -0.4 is 5.32 Å². The van der Waals surface area contributed by atoms with Crippen LogP contribution in [0.4, 0.5) is 18.9 Å². The quantitative estimate of drug-likeness (QED) is 0.548. The SMILES string of the molecule is C[C@H](OC(=O)c1c[nH]c2ccccc12)C(=O)Nc1ccc(F)c(F)c1F. The zero-order valence-corrected chi connectivity index (χ0v) is 13.5. The van der Waals surface area contributed by atoms with Gasteiger partial charge < -0.3 is 15.0 Å². The Hall–Kier alpha value is -3.29. The molecular formula is C18H13F3N2O3. The minimum atomic E-state index is -1.70. The molecule has 0 unspecified atom stereocenters. The first-order valence-electron chi connectivity index (χ1n) is 7.60. The number of fused-ring (bicyclic) bond motifs is 1. The van der Waals surface area contributed by atoms with Crippen molar-refractivity contribution in [2.75, 3.05) is 5.32 Å². The van der Waals surface area contributed by atoms with Crippen molar-refractivity contribution in [3.8, 4) is 0 Å². The van der Waals surface area contributed by atoms with Crippen LogP contribution in [0.15, 0.2) is 42.6 Å². The molecule has 0 fully saturated rings. The Bertz CT molecular complexity index is 1000. The number of carbonyl (C=O) groups excluding carboxylic acids is 2. The fraction of sp³-hybridized carbons (Fsp3) is 0.111. The Kier molecular flexibility index (Phi) is 4.66. The predicted octanol–water partition coefficient (Wildman–Crippen LogP) is 3.77. The summed E-state index contributed by atoms with van der Waals surface area (Å²) in [5.74, 6) is -6.25. The van der Waals surface area contributed by atoms with Gasteiger partial charge in [0.1, 0.15) is 0 Å². The average Bonchev–Trinajstić information content (AvgIpc) is 3.06. The zero-order valence-electron chi connectivity index (χ0n) is 13.5. The Morgan fingerprint density at radius 1 is 1.08 bits per heavy atom. The van der Waals surface area contributed by atoms with E-state index in [-0.39, 0.29) is 5.56 Å². The van der Waals surface area contributed by atoms with E-state index in [0.29, 0.717) is 11.5 Å². The normalized spacial score (nSPS) is 12.0. The van der Waals surface area contributed by atoms with Crippen molar-refractivity contribution < 1.29 is 27.5 Å². The number of aromatic nitrogens is 1. The van der Waals surface area contributed by atoms with E-state index >= 15 is 0 Å². The van der Waals surface area contributed by atoms with Gasteiger partial charge in [-0.25, -0.2) is 18.0 Å². The van der Waals surface area contributed by atoms with E-state index in [1.807, 2.05) is 0 Å². The van der Waals surface area contributed by atoms with Gasteiger partial charge in [0.25, 0.3) is 5.91 Å². The highest BCUT2D eigenvalue weighted by molar-refractivity contribution is 6.05. The topological polar surface area (TPSA) is 71.2 Å². The molecule has 8 heteroatoms. The van der Waals surface area contributed by atoms with Crippen LogP contribution in [0.25, 0.3) is 10.9 Å². The lowest BCUT2D eigenvalue weighted by Gasteiger charge is -2.14. The molecule has 0 aliphatic rings. The maximum atomic E-state index is 13.6. The molecule has 0 saturated carbocycles. The van der Waals surface area contributed by atoms with E-state index in [0.717, 1.165) is 11.6 Å². The van der Waals surface area contributed by atoms with E-state index in [1.54, 1.807) is 24.3 Å². The number of para-hydroxylation sites is 1. The highest BCUT2D eigenvalue weighted by atomic mass is 19.2. The maximum absolute atomic E-state index is 13.6. The summed E-state index contributed by atoms with van der Waals surface area (Å²) in [6, 6.07) is 8.57. The van der Waals surface area contributed by atoms with Gasteiger partial charge in [-0.3, -0.25) is 4.79 Å². The molecule has 0 aliphatic heterocycles. The predicted molar refractivity (Wildman–Crippen MR) is 88.1 cm³/mol. The summed E-state index contributed by atoms with van der Waals surface area (Å²) in [6.45, 7) is 1.28. The number of aromatic amines is 1. The summed E-state index contributed by atoms with van der Waals surface area (Å²) in [6.07, 6.45) is 0.163. The number of ether oxygens (including phenoxy) is 1. The van der Waals surface area contributed by atoms with Crippen LogP contribution in [-0.2, 0) is 9.53 Å². The van der Waals surface area contributed by atoms with Crippen molar-refractivity contribution in [1.29, 1.82) is 0 Å². The number of nitrogens with one attached hydrogen (secondary N) is 2. The lowest BCUT2D eigenvalue weighted by Crippen LogP contribution is -2.30. The summed E-state index contributed by atoms with van der Waals surface area (Å²) in [5.41, 5.74) is 0.406. The third kappa shape index (κ3) is 3.26. The highest BCUT2D eigenvalue weighted by Crippen LogP contribution is 2.21. The summed E-state index contributed by atoms with van der Waals surface area (Å²) in [5, 5.41) is 2.68. The van der Waals surface area contributed by atoms with Crippen molar-refractivity contribution in [1.82, 2.24) is 4.98 Å². The van der Waals surface area contributed by atoms with Gasteiger partial charge in [0.15, 0.2) is 23.6 Å². The van der Waals surface area contributed by atoms with E-state index in [9.17, 15) is 22.8 Å². The number of H-pyrrole nitrogens is 1. The number of hydrogen-bond acceptors (Lipinski definition) is 3. The Balaban J connectivity index is 1.71. The van der Waals surface area contributed by atoms with Crippen LogP contribution in [0.5, 0.6) is 0 Å². The molecular weight excluding hydrogens is 349 g/mol. The van der Waals surface area contributed by atoms with Crippen LogP contribution in [-0.4, -0.2) is 23.0 Å². The Morgan fingerprint density at radius 3 is 2.58 bits per heavy atom. The second kappa shape index (κ2) is 6.91. The molecule has 3 aromatic rings. The molecule has 0 saturated heterocycles. The molecule has 1 atom stereocenters. The summed E-state index contributed by atoms with van der Waals surface area (Å²) in [7, 11) is 0. The van der Waals surface area contributed by atoms with Gasteiger partial charge in [-0.05, 0) is 25.1 Å². The molecule has 0 radical (unpaired) electrons. The van der Waals surface area contributed by atoms with Gasteiger partial charge >= 0.3 is 5.97 Å². The fourth-order valence-electron chi connectivity index (χ4n) is 2.37. The van der Waals surface area contributed by atoms with Crippen molar-refractivity contribution in [2.45, 2.75) is 13.0 Å². The lowest BCUT2D eigenvalue weighted by molar-refractivity contribution is -0.123. The zero-order chi connectivity index (χ0) is 18.8. The standard InChI is InChI=1S/C18H13F3N2O3/c1-9(17(24)23-14-7-6-12(19)15(20)16(14)21)26-18(25)11-8-22-13-5-3-2-4-10(11)13/h2-9,22H,1H3,(H,23,24)/t9-/m0/s1. The number of hydrogen-bond donors (Lipinski definition) is 2. The number of anilines is 1. The molecule has 0 bridgehead atoms. The summed E-state index contributed by atoms with van der Waals surface area (Å²) < 4.78 is 44.8. The molecule has 2 N–H and O–H groups in total. The smallest absolute Gasteiger partial charge is 0.341 e. The molecule has 134 valence electrons. The van der Waals surface area contributed by atoms with Crippen LogP contribution in [0, 0.1) is 17.5 Å². The average molecular weight is 362 g/mol. The first kappa shape index (κ1) is 17.5. The molecule has 5 nitrogen and oxygen atoms in total. The molecule has 3 rings (SSSR count). The third-order valence-corrected chi connectivity index (χ3v) is 3.76. The summed E-state index contributed by atoms with van der Waals surface area (Å²) >= 11 is 0. The monoisotopic (exact) mass is 362 g/mol. The minimum Gasteiger partial charge on any atom is -0.449 e. The van der Waals surface area contributed by atoms with Crippen LogP contribution in [0.3, 0.4) is 0 Å². The van der Waals surface area contributed by atoms with E-state index in [2.05, 4.69) is 10.3 Å². The third-order valence-electron chi connectivity index (χ3n) is 3.76. The van der Waals surface area contributed by atoms with Gasteiger partial charge in [0.2, 0.25) is 0 Å². The van der Waals surface area contributed by atoms with Gasteiger partial charge in [-0.1, -0.05) is 18.2 Å². The maximum Gasteiger partial charge on any atom is 0.341 e. The lowest BCUT2D eigenvalue weighted by atomic mass is 10.2. The van der Waals surface area contributed by atoms with Gasteiger partial charge in [-0.2, -0.15) is 0 Å².